The predicted octanol–water partition coefficient (Wildman–Crippen LogP) is 5.42. The number of rotatable bonds is 0. The highest BCUT2D eigenvalue weighted by molar-refractivity contribution is 4.82. The highest BCUT2D eigenvalue weighted by Crippen LogP contribution is 2.08. The van der Waals surface area contributed by atoms with E-state index in [0.717, 1.165) is 13.2 Å². The van der Waals surface area contributed by atoms with Crippen molar-refractivity contribution in [1.82, 2.24) is 0 Å². The smallest absolute Gasteiger partial charge is 0.0647 e. The van der Waals surface area contributed by atoms with Crippen molar-refractivity contribution >= 4 is 0 Å². The van der Waals surface area contributed by atoms with Crippen molar-refractivity contribution in [2.75, 3.05) is 13.2 Å². The molecule has 0 unspecified atom stereocenters. The van der Waals surface area contributed by atoms with E-state index in [1.54, 1.807) is 0 Å². The van der Waals surface area contributed by atoms with Crippen LogP contribution >= 0.6 is 0 Å². The van der Waals surface area contributed by atoms with E-state index in [4.69, 9.17) is 4.74 Å². The third-order valence-electron chi connectivity index (χ3n) is 3.45. The molecule has 104 valence electrons. The van der Waals surface area contributed by atoms with Crippen molar-refractivity contribution in [3.8, 4) is 0 Å². The Labute approximate surface area is 113 Å². The lowest BCUT2D eigenvalue weighted by molar-refractivity contribution is 0.157. The van der Waals surface area contributed by atoms with Crippen LogP contribution in [0.15, 0.2) is 24.3 Å². The quantitative estimate of drug-likeness (QED) is 0.522. The molecule has 0 bridgehead atoms. The van der Waals surface area contributed by atoms with Crippen LogP contribution in [-0.4, -0.2) is 13.2 Å². The predicted molar refractivity (Wildman–Crippen MR) is 79.9 cm³/mol. The largest absolute Gasteiger partial charge is 0.377 e. The molecule has 0 N–H and O–H groups in total. The lowest BCUT2D eigenvalue weighted by Gasteiger charge is -2.02. The highest BCUT2D eigenvalue weighted by Gasteiger charge is 1.91. The Bertz CT molecular complexity index is 194. The van der Waals surface area contributed by atoms with Gasteiger partial charge in [-0.15, -0.1) is 0 Å². The summed E-state index contributed by atoms with van der Waals surface area (Å²) in [7, 11) is 0. The fourth-order valence-electron chi connectivity index (χ4n) is 2.27. The summed E-state index contributed by atoms with van der Waals surface area (Å²) in [6.07, 6.45) is 23.7. The number of ether oxygens (including phenoxy) is 1. The molecule has 1 nitrogen and oxygen atoms in total. The number of hydrogen-bond acceptors (Lipinski definition) is 1. The maximum Gasteiger partial charge on any atom is 0.0647 e. The minimum Gasteiger partial charge on any atom is -0.377 e. The molecule has 0 radical (unpaired) electrons. The molecule has 0 saturated heterocycles. The molecule has 1 aliphatic heterocycles. The zero-order chi connectivity index (χ0) is 12.7. The summed E-state index contributed by atoms with van der Waals surface area (Å²) in [6, 6.07) is 0. The highest BCUT2D eigenvalue weighted by atomic mass is 16.5. The van der Waals surface area contributed by atoms with Gasteiger partial charge in [0.1, 0.15) is 0 Å². The first-order chi connectivity index (χ1) is 9.00. The maximum absolute atomic E-state index is 5.58. The van der Waals surface area contributed by atoms with E-state index in [2.05, 4.69) is 24.3 Å². The lowest BCUT2D eigenvalue weighted by atomic mass is 10.1. The summed E-state index contributed by atoms with van der Waals surface area (Å²) in [5, 5.41) is 0. The topological polar surface area (TPSA) is 9.23 Å². The first-order valence-corrected chi connectivity index (χ1v) is 7.88. The van der Waals surface area contributed by atoms with Gasteiger partial charge in [0.2, 0.25) is 0 Å². The Balaban J connectivity index is 2.12. The van der Waals surface area contributed by atoms with Crippen molar-refractivity contribution in [3.63, 3.8) is 0 Å². The first kappa shape index (κ1) is 15.5. The fourth-order valence-corrected chi connectivity index (χ4v) is 2.27. The monoisotopic (exact) mass is 250 g/mol. The standard InChI is InChI=1S/C17H30O/c1-2-4-6-8-10-12-14-16-18-17-15-13-11-9-7-5-3-1/h2,4,13,15H,1,3,5-12,14,16-17H2/b4-2?,15-13+. The molecule has 0 saturated carbocycles. The van der Waals surface area contributed by atoms with Crippen LogP contribution < -0.4 is 0 Å². The van der Waals surface area contributed by atoms with E-state index in [0.29, 0.717) is 0 Å². The minimum absolute atomic E-state index is 0.808. The van der Waals surface area contributed by atoms with E-state index in [9.17, 15) is 0 Å². The fraction of sp³-hybridized carbons (Fsp3) is 0.765. The molecule has 0 atom stereocenters. The van der Waals surface area contributed by atoms with Gasteiger partial charge in [0.25, 0.3) is 0 Å². The van der Waals surface area contributed by atoms with E-state index < -0.39 is 0 Å². The molecular formula is C17H30O. The molecule has 1 aliphatic rings. The van der Waals surface area contributed by atoms with Crippen molar-refractivity contribution in [1.29, 1.82) is 0 Å². The molecule has 0 spiro atoms. The average molecular weight is 250 g/mol. The van der Waals surface area contributed by atoms with Crippen LogP contribution in [0.25, 0.3) is 0 Å². The van der Waals surface area contributed by atoms with E-state index in [1.165, 1.54) is 70.6 Å². The Hall–Kier alpha value is -0.560. The van der Waals surface area contributed by atoms with Gasteiger partial charge in [0, 0.05) is 6.61 Å². The van der Waals surface area contributed by atoms with Gasteiger partial charge < -0.3 is 4.74 Å². The summed E-state index contributed by atoms with van der Waals surface area (Å²) in [5.74, 6) is 0. The second kappa shape index (κ2) is 12.9. The number of hydrogen-bond donors (Lipinski definition) is 0. The molecule has 1 heterocycles. The van der Waals surface area contributed by atoms with Crippen LogP contribution in [0.1, 0.15) is 70.6 Å². The van der Waals surface area contributed by atoms with Gasteiger partial charge in [-0.25, -0.2) is 0 Å². The van der Waals surface area contributed by atoms with Crippen molar-refractivity contribution in [2.45, 2.75) is 70.6 Å². The SMILES string of the molecule is C1=CCCCCCCOC/C=C/CCCCCC1. The van der Waals surface area contributed by atoms with Crippen molar-refractivity contribution in [2.24, 2.45) is 0 Å². The third kappa shape index (κ3) is 10.6. The molecule has 1 heteroatoms. The summed E-state index contributed by atoms with van der Waals surface area (Å²) in [4.78, 5) is 0. The molecule has 0 fully saturated rings. The summed E-state index contributed by atoms with van der Waals surface area (Å²) < 4.78 is 5.58. The van der Waals surface area contributed by atoms with Gasteiger partial charge in [-0.2, -0.15) is 0 Å². The molecule has 1 rings (SSSR count). The second-order valence-electron chi connectivity index (χ2n) is 5.21. The van der Waals surface area contributed by atoms with Crippen LogP contribution in [0.3, 0.4) is 0 Å². The molecule has 0 aliphatic carbocycles. The Morgan fingerprint density at radius 2 is 1.00 bits per heavy atom. The zero-order valence-electron chi connectivity index (χ0n) is 11.9. The van der Waals surface area contributed by atoms with Crippen LogP contribution in [0.5, 0.6) is 0 Å². The Kier molecular flexibility index (Phi) is 11.1. The normalized spacial score (nSPS) is 24.0. The van der Waals surface area contributed by atoms with E-state index in [-0.39, 0.29) is 0 Å². The Morgan fingerprint density at radius 1 is 0.500 bits per heavy atom. The van der Waals surface area contributed by atoms with Gasteiger partial charge >= 0.3 is 0 Å². The van der Waals surface area contributed by atoms with Crippen molar-refractivity contribution in [3.05, 3.63) is 24.3 Å². The summed E-state index contributed by atoms with van der Waals surface area (Å²) in [5.41, 5.74) is 0. The molecule has 0 aromatic rings. The van der Waals surface area contributed by atoms with Gasteiger partial charge in [-0.3, -0.25) is 0 Å². The maximum atomic E-state index is 5.58. The lowest BCUT2D eigenvalue weighted by Crippen LogP contribution is -1.94. The van der Waals surface area contributed by atoms with Crippen LogP contribution in [0.2, 0.25) is 0 Å². The summed E-state index contributed by atoms with van der Waals surface area (Å²) in [6.45, 7) is 1.74. The third-order valence-corrected chi connectivity index (χ3v) is 3.45. The Morgan fingerprint density at radius 3 is 1.61 bits per heavy atom. The summed E-state index contributed by atoms with van der Waals surface area (Å²) >= 11 is 0. The molecule has 0 aromatic carbocycles. The number of allylic oxidation sites excluding steroid dienone is 3. The van der Waals surface area contributed by atoms with Gasteiger partial charge in [0.05, 0.1) is 6.61 Å². The van der Waals surface area contributed by atoms with Crippen LogP contribution in [-0.2, 0) is 4.74 Å². The van der Waals surface area contributed by atoms with Gasteiger partial charge in [-0.1, -0.05) is 50.0 Å². The molecular weight excluding hydrogens is 220 g/mol. The second-order valence-corrected chi connectivity index (χ2v) is 5.21. The van der Waals surface area contributed by atoms with Gasteiger partial charge in [0.15, 0.2) is 0 Å². The van der Waals surface area contributed by atoms with E-state index >= 15 is 0 Å². The van der Waals surface area contributed by atoms with E-state index in [1.807, 2.05) is 0 Å². The van der Waals surface area contributed by atoms with Crippen molar-refractivity contribution < 1.29 is 4.74 Å². The molecule has 18 heavy (non-hydrogen) atoms. The molecule has 0 aromatic heterocycles. The first-order valence-electron chi connectivity index (χ1n) is 7.88. The zero-order valence-corrected chi connectivity index (χ0v) is 11.9. The van der Waals surface area contributed by atoms with Crippen LogP contribution in [0, 0.1) is 0 Å². The van der Waals surface area contributed by atoms with Gasteiger partial charge in [-0.05, 0) is 44.9 Å². The molecule has 0 amide bonds. The average Bonchev–Trinajstić information content (AvgIpc) is 2.39. The minimum atomic E-state index is 0.808. The van der Waals surface area contributed by atoms with Crippen LogP contribution in [0.4, 0.5) is 0 Å².